The van der Waals surface area contributed by atoms with Crippen molar-refractivity contribution < 1.29 is 9.53 Å². The lowest BCUT2D eigenvalue weighted by Crippen LogP contribution is -2.42. The summed E-state index contributed by atoms with van der Waals surface area (Å²) in [5, 5.41) is 3.91. The summed E-state index contributed by atoms with van der Waals surface area (Å²) < 4.78 is 7.05. The van der Waals surface area contributed by atoms with Crippen molar-refractivity contribution in [3.63, 3.8) is 0 Å². The molecule has 3 heterocycles. The van der Waals surface area contributed by atoms with Crippen molar-refractivity contribution >= 4 is 16.9 Å². The summed E-state index contributed by atoms with van der Waals surface area (Å²) in [4.78, 5) is 32.9. The number of morpholine rings is 1. The summed E-state index contributed by atoms with van der Waals surface area (Å²) in [6, 6.07) is 5.59. The predicted octanol–water partition coefficient (Wildman–Crippen LogP) is 2.04. The lowest BCUT2D eigenvalue weighted by molar-refractivity contribution is 0.0364. The average molecular weight is 399 g/mol. The summed E-state index contributed by atoms with van der Waals surface area (Å²) in [6.07, 6.45) is 5.89. The molecule has 7 nitrogen and oxygen atoms in total. The smallest absolute Gasteiger partial charge is 0.265 e. The molecule has 0 spiro atoms. The quantitative estimate of drug-likeness (QED) is 0.834. The summed E-state index contributed by atoms with van der Waals surface area (Å²) in [6.45, 7) is 6.66. The molecule has 29 heavy (non-hydrogen) atoms. The van der Waals surface area contributed by atoms with Gasteiger partial charge in [0.15, 0.2) is 0 Å². The molecule has 2 aromatic rings. The standard InChI is InChI=1S/C22H30N4O3/c1-16-4-6-18(7-5-16)24-21(27)19-15-17-3-2-8-23-20(17)26(22(19)28)10-9-25-11-13-29-14-12-25/h2-3,8,15-16,18H,4-7,9-14H2,1H3,(H,24,27). The van der Waals surface area contributed by atoms with Gasteiger partial charge in [0.05, 0.1) is 13.2 Å². The number of nitrogens with one attached hydrogen (secondary N) is 1. The van der Waals surface area contributed by atoms with E-state index in [1.165, 1.54) is 0 Å². The van der Waals surface area contributed by atoms with E-state index in [4.69, 9.17) is 4.74 Å². The molecule has 0 radical (unpaired) electrons. The Balaban J connectivity index is 1.57. The number of ether oxygens (including phenoxy) is 1. The first-order valence-corrected chi connectivity index (χ1v) is 10.7. The van der Waals surface area contributed by atoms with Gasteiger partial charge in [-0.25, -0.2) is 4.98 Å². The maximum absolute atomic E-state index is 13.2. The van der Waals surface area contributed by atoms with Gasteiger partial charge in [0.25, 0.3) is 11.5 Å². The first kappa shape index (κ1) is 20.0. The molecule has 1 amide bonds. The van der Waals surface area contributed by atoms with Crippen LogP contribution >= 0.6 is 0 Å². The van der Waals surface area contributed by atoms with E-state index in [0.29, 0.717) is 18.1 Å². The zero-order valence-corrected chi connectivity index (χ0v) is 17.1. The van der Waals surface area contributed by atoms with Crippen molar-refractivity contribution in [1.29, 1.82) is 0 Å². The summed E-state index contributed by atoms with van der Waals surface area (Å²) in [5.41, 5.74) is 0.589. The lowest BCUT2D eigenvalue weighted by Gasteiger charge is -2.27. The van der Waals surface area contributed by atoms with Gasteiger partial charge in [-0.2, -0.15) is 0 Å². The van der Waals surface area contributed by atoms with Crippen molar-refractivity contribution in [2.45, 2.75) is 45.2 Å². The minimum Gasteiger partial charge on any atom is -0.379 e. The molecule has 156 valence electrons. The van der Waals surface area contributed by atoms with E-state index in [2.05, 4.69) is 22.1 Å². The average Bonchev–Trinajstić information content (AvgIpc) is 2.75. The highest BCUT2D eigenvalue weighted by atomic mass is 16.5. The van der Waals surface area contributed by atoms with Crippen molar-refractivity contribution in [3.05, 3.63) is 40.3 Å². The zero-order valence-electron chi connectivity index (χ0n) is 17.1. The molecule has 1 N–H and O–H groups in total. The van der Waals surface area contributed by atoms with Crippen LogP contribution in [-0.2, 0) is 11.3 Å². The number of hydrogen-bond acceptors (Lipinski definition) is 5. The highest BCUT2D eigenvalue weighted by molar-refractivity contribution is 5.97. The summed E-state index contributed by atoms with van der Waals surface area (Å²) >= 11 is 0. The number of carbonyl (C=O) groups is 1. The summed E-state index contributed by atoms with van der Waals surface area (Å²) in [7, 11) is 0. The Bertz CT molecular complexity index is 912. The van der Waals surface area contributed by atoms with Crippen LogP contribution in [0, 0.1) is 5.92 Å². The Hall–Kier alpha value is -2.25. The zero-order chi connectivity index (χ0) is 20.2. The highest BCUT2D eigenvalue weighted by Crippen LogP contribution is 2.23. The molecule has 0 unspecified atom stereocenters. The molecule has 4 rings (SSSR count). The van der Waals surface area contributed by atoms with Crippen LogP contribution in [0.1, 0.15) is 43.0 Å². The molecule has 0 bridgehead atoms. The second-order valence-electron chi connectivity index (χ2n) is 8.32. The Morgan fingerprint density at radius 3 is 2.72 bits per heavy atom. The molecule has 1 saturated heterocycles. The van der Waals surface area contributed by atoms with Crippen LogP contribution in [-0.4, -0.2) is 59.2 Å². The molecular formula is C22H30N4O3. The topological polar surface area (TPSA) is 76.5 Å². The predicted molar refractivity (Wildman–Crippen MR) is 112 cm³/mol. The molecule has 0 aromatic carbocycles. The van der Waals surface area contributed by atoms with Crippen molar-refractivity contribution in [2.75, 3.05) is 32.8 Å². The van der Waals surface area contributed by atoms with E-state index in [9.17, 15) is 9.59 Å². The molecule has 2 aromatic heterocycles. The number of carbonyl (C=O) groups excluding carboxylic acids is 1. The van der Waals surface area contributed by atoms with Gasteiger partial charge >= 0.3 is 0 Å². The van der Waals surface area contributed by atoms with Gasteiger partial charge in [0.1, 0.15) is 11.2 Å². The van der Waals surface area contributed by atoms with Gasteiger partial charge in [0.2, 0.25) is 0 Å². The Labute approximate surface area is 171 Å². The maximum Gasteiger partial charge on any atom is 0.265 e. The normalized spacial score (nSPS) is 23.2. The SMILES string of the molecule is CC1CCC(NC(=O)c2cc3cccnc3n(CCN3CCOCC3)c2=O)CC1. The second kappa shape index (κ2) is 9.05. The van der Waals surface area contributed by atoms with E-state index in [1.807, 2.05) is 12.1 Å². The van der Waals surface area contributed by atoms with E-state index in [0.717, 1.165) is 63.9 Å². The van der Waals surface area contributed by atoms with Crippen LogP contribution < -0.4 is 10.9 Å². The van der Waals surface area contributed by atoms with Gasteiger partial charge in [-0.05, 0) is 49.8 Å². The maximum atomic E-state index is 13.2. The number of hydrogen-bond donors (Lipinski definition) is 1. The molecule has 1 aliphatic carbocycles. The molecule has 7 heteroatoms. The largest absolute Gasteiger partial charge is 0.379 e. The number of amides is 1. The number of pyridine rings is 2. The Kier molecular flexibility index (Phi) is 6.25. The van der Waals surface area contributed by atoms with Gasteiger partial charge in [-0.15, -0.1) is 0 Å². The minimum atomic E-state index is -0.263. The van der Waals surface area contributed by atoms with Crippen LogP contribution in [0.3, 0.4) is 0 Å². The van der Waals surface area contributed by atoms with Crippen molar-refractivity contribution in [2.24, 2.45) is 5.92 Å². The third-order valence-electron chi connectivity index (χ3n) is 6.19. The molecule has 1 saturated carbocycles. The van der Waals surface area contributed by atoms with Crippen molar-refractivity contribution in [3.8, 4) is 0 Å². The fourth-order valence-electron chi connectivity index (χ4n) is 4.31. The fraction of sp³-hybridized carbons (Fsp3) is 0.591. The molecule has 2 aliphatic rings. The summed E-state index contributed by atoms with van der Waals surface area (Å²) in [5.74, 6) is 0.452. The first-order chi connectivity index (χ1) is 14.1. The van der Waals surface area contributed by atoms with Gasteiger partial charge < -0.3 is 10.1 Å². The third-order valence-corrected chi connectivity index (χ3v) is 6.19. The number of nitrogens with zero attached hydrogens (tertiary/aromatic N) is 3. The Morgan fingerprint density at radius 2 is 1.97 bits per heavy atom. The van der Waals surface area contributed by atoms with Crippen LogP contribution in [0.4, 0.5) is 0 Å². The minimum absolute atomic E-state index is 0.157. The van der Waals surface area contributed by atoms with E-state index in [-0.39, 0.29) is 23.1 Å². The molecule has 2 fully saturated rings. The third kappa shape index (κ3) is 4.67. The second-order valence-corrected chi connectivity index (χ2v) is 8.32. The Morgan fingerprint density at radius 1 is 1.21 bits per heavy atom. The van der Waals surface area contributed by atoms with Crippen LogP contribution in [0.5, 0.6) is 0 Å². The fourth-order valence-corrected chi connectivity index (χ4v) is 4.31. The highest BCUT2D eigenvalue weighted by Gasteiger charge is 2.23. The lowest BCUT2D eigenvalue weighted by atomic mass is 9.87. The van der Waals surface area contributed by atoms with Gasteiger partial charge in [-0.3, -0.25) is 19.1 Å². The van der Waals surface area contributed by atoms with Crippen molar-refractivity contribution in [1.82, 2.24) is 19.8 Å². The van der Waals surface area contributed by atoms with Crippen LogP contribution in [0.2, 0.25) is 0 Å². The molecule has 0 atom stereocenters. The van der Waals surface area contributed by atoms with Crippen LogP contribution in [0.25, 0.3) is 11.0 Å². The molecule has 1 aliphatic heterocycles. The van der Waals surface area contributed by atoms with E-state index < -0.39 is 0 Å². The van der Waals surface area contributed by atoms with Gasteiger partial charge in [0, 0.05) is 43.8 Å². The first-order valence-electron chi connectivity index (χ1n) is 10.7. The number of rotatable bonds is 5. The number of aromatic nitrogens is 2. The van der Waals surface area contributed by atoms with E-state index in [1.54, 1.807) is 16.8 Å². The van der Waals surface area contributed by atoms with Gasteiger partial charge in [-0.1, -0.05) is 6.92 Å². The van der Waals surface area contributed by atoms with E-state index >= 15 is 0 Å². The number of fused-ring (bicyclic) bond motifs is 1. The van der Waals surface area contributed by atoms with Crippen LogP contribution in [0.15, 0.2) is 29.2 Å². The monoisotopic (exact) mass is 398 g/mol. The molecular weight excluding hydrogens is 368 g/mol.